The summed E-state index contributed by atoms with van der Waals surface area (Å²) >= 11 is 0. The first-order valence-corrected chi connectivity index (χ1v) is 4.10. The minimum atomic E-state index is -1.41. The van der Waals surface area contributed by atoms with Gasteiger partial charge < -0.3 is 15.3 Å². The monoisotopic (exact) mass is 224 g/mol. The summed E-state index contributed by atoms with van der Waals surface area (Å²) in [5.74, 6) is -5.15. The third-order valence-electron chi connectivity index (χ3n) is 1.29. The molecule has 0 rings (SSSR count). The lowest BCUT2D eigenvalue weighted by Gasteiger charge is -2.02. The molecule has 0 aromatic carbocycles. The number of hydrogen-bond donors (Lipinski definition) is 3. The van der Waals surface area contributed by atoms with Crippen LogP contribution in [0.4, 0.5) is 4.39 Å². The number of hydrogen-bond acceptors (Lipinski definition) is 3. The minimum Gasteiger partial charge on any atom is -0.481 e. The zero-order valence-electron chi connectivity index (χ0n) is 8.14. The number of carboxylic acids is 3. The molecule has 0 spiro atoms. The Morgan fingerprint density at radius 1 is 1.13 bits per heavy atom. The lowest BCUT2D eigenvalue weighted by molar-refractivity contribution is -0.154. The molecule has 0 saturated heterocycles. The number of carbonyl (C=O) groups is 3. The Bertz CT molecular complexity index is 213. The molecule has 0 bridgehead atoms. The van der Waals surface area contributed by atoms with Gasteiger partial charge in [0.05, 0.1) is 0 Å². The van der Waals surface area contributed by atoms with E-state index in [-0.39, 0.29) is 6.42 Å². The molecule has 0 unspecified atom stereocenters. The standard InChI is InChI=1S/C6H10O4.C2H3FO2/c1-2-3-4(5(7)8)6(9)10;3-1-2(4)5/h4H,2-3H2,1H3,(H,7,8)(H,9,10);1H2,(H,4,5). The van der Waals surface area contributed by atoms with Gasteiger partial charge in [-0.1, -0.05) is 13.3 Å². The smallest absolute Gasteiger partial charge is 0.335 e. The molecule has 0 aromatic heterocycles. The fraction of sp³-hybridized carbons (Fsp3) is 0.625. The molecule has 0 atom stereocenters. The van der Waals surface area contributed by atoms with Crippen molar-refractivity contribution in [2.75, 3.05) is 6.67 Å². The first-order chi connectivity index (χ1) is 6.86. The lowest BCUT2D eigenvalue weighted by Crippen LogP contribution is -2.22. The van der Waals surface area contributed by atoms with Crippen LogP contribution in [0.1, 0.15) is 19.8 Å². The number of carboxylic acid groups (broad SMARTS) is 3. The summed E-state index contributed by atoms with van der Waals surface area (Å²) in [5.41, 5.74) is 0. The number of halogens is 1. The van der Waals surface area contributed by atoms with Gasteiger partial charge in [-0.15, -0.1) is 0 Å². The van der Waals surface area contributed by atoms with Gasteiger partial charge in [-0.05, 0) is 6.42 Å². The maximum atomic E-state index is 10.5. The van der Waals surface area contributed by atoms with Crippen molar-refractivity contribution < 1.29 is 34.1 Å². The van der Waals surface area contributed by atoms with Gasteiger partial charge in [-0.3, -0.25) is 9.59 Å². The van der Waals surface area contributed by atoms with Crippen LogP contribution >= 0.6 is 0 Å². The summed E-state index contributed by atoms with van der Waals surface area (Å²) in [4.78, 5) is 29.3. The third-order valence-corrected chi connectivity index (χ3v) is 1.29. The van der Waals surface area contributed by atoms with Crippen LogP contribution in [0.15, 0.2) is 0 Å². The van der Waals surface area contributed by atoms with Crippen molar-refractivity contribution in [3.63, 3.8) is 0 Å². The van der Waals surface area contributed by atoms with Crippen molar-refractivity contribution in [3.8, 4) is 0 Å². The van der Waals surface area contributed by atoms with Crippen molar-refractivity contribution >= 4 is 17.9 Å². The Morgan fingerprint density at radius 2 is 1.47 bits per heavy atom. The summed E-state index contributed by atoms with van der Waals surface area (Å²) in [7, 11) is 0. The Balaban J connectivity index is 0. The molecule has 0 heterocycles. The topological polar surface area (TPSA) is 112 Å². The number of rotatable bonds is 5. The summed E-state index contributed by atoms with van der Waals surface area (Å²) in [6, 6.07) is 0. The van der Waals surface area contributed by atoms with Crippen LogP contribution in [-0.4, -0.2) is 39.9 Å². The fourth-order valence-corrected chi connectivity index (χ4v) is 0.641. The highest BCUT2D eigenvalue weighted by molar-refractivity contribution is 5.92. The molecule has 0 aliphatic heterocycles. The molecule has 0 fully saturated rings. The Labute approximate surface area is 85.3 Å². The van der Waals surface area contributed by atoms with E-state index in [9.17, 15) is 14.0 Å². The molecule has 0 aliphatic rings. The molecule has 7 heteroatoms. The van der Waals surface area contributed by atoms with E-state index in [0.29, 0.717) is 6.42 Å². The second-order valence-corrected chi connectivity index (χ2v) is 2.55. The molecular formula is C8H13FO6. The van der Waals surface area contributed by atoms with Gasteiger partial charge in [-0.2, -0.15) is 0 Å². The van der Waals surface area contributed by atoms with E-state index in [1.165, 1.54) is 0 Å². The largest absolute Gasteiger partial charge is 0.481 e. The highest BCUT2D eigenvalue weighted by Gasteiger charge is 2.23. The van der Waals surface area contributed by atoms with Gasteiger partial charge in [0.15, 0.2) is 12.6 Å². The predicted molar refractivity (Wildman–Crippen MR) is 47.3 cm³/mol. The predicted octanol–water partition coefficient (Wildman–Crippen LogP) is 0.612. The molecule has 0 saturated carbocycles. The summed E-state index contributed by atoms with van der Waals surface area (Å²) in [6.07, 6.45) is 0.772. The first-order valence-electron chi connectivity index (χ1n) is 4.10. The number of alkyl halides is 1. The van der Waals surface area contributed by atoms with E-state index < -0.39 is 30.5 Å². The summed E-state index contributed by atoms with van der Waals surface area (Å²) in [5, 5.41) is 23.9. The van der Waals surface area contributed by atoms with Crippen LogP contribution in [0.3, 0.4) is 0 Å². The third kappa shape index (κ3) is 10.3. The second-order valence-electron chi connectivity index (χ2n) is 2.55. The molecule has 0 aliphatic carbocycles. The van der Waals surface area contributed by atoms with E-state index in [1.54, 1.807) is 6.92 Å². The Morgan fingerprint density at radius 3 is 1.53 bits per heavy atom. The fourth-order valence-electron chi connectivity index (χ4n) is 0.641. The Hall–Kier alpha value is -1.66. The van der Waals surface area contributed by atoms with Crippen molar-refractivity contribution in [2.24, 2.45) is 5.92 Å². The van der Waals surface area contributed by atoms with Gasteiger partial charge in [0.1, 0.15) is 0 Å². The zero-order valence-corrected chi connectivity index (χ0v) is 8.14. The van der Waals surface area contributed by atoms with Gasteiger partial charge in [-0.25, -0.2) is 9.18 Å². The molecular weight excluding hydrogens is 211 g/mol. The molecule has 0 amide bonds. The van der Waals surface area contributed by atoms with Crippen LogP contribution in [0.25, 0.3) is 0 Å². The lowest BCUT2D eigenvalue weighted by atomic mass is 10.1. The molecule has 15 heavy (non-hydrogen) atoms. The van der Waals surface area contributed by atoms with Gasteiger partial charge in [0.25, 0.3) is 0 Å². The van der Waals surface area contributed by atoms with Crippen LogP contribution in [0.2, 0.25) is 0 Å². The van der Waals surface area contributed by atoms with Gasteiger partial charge in [0.2, 0.25) is 0 Å². The van der Waals surface area contributed by atoms with Crippen LogP contribution in [0, 0.1) is 5.92 Å². The van der Waals surface area contributed by atoms with E-state index in [4.69, 9.17) is 20.1 Å². The van der Waals surface area contributed by atoms with E-state index >= 15 is 0 Å². The average molecular weight is 224 g/mol. The normalized spacial score (nSPS) is 9.00. The minimum absolute atomic E-state index is 0.199. The number of aliphatic carboxylic acids is 3. The maximum absolute atomic E-state index is 10.5. The maximum Gasteiger partial charge on any atom is 0.335 e. The second kappa shape index (κ2) is 8.92. The van der Waals surface area contributed by atoms with E-state index in [1.807, 2.05) is 0 Å². The SMILES string of the molecule is CCCC(C(=O)O)C(=O)O.O=C(O)CF. The van der Waals surface area contributed by atoms with Crippen LogP contribution < -0.4 is 0 Å². The first kappa shape index (κ1) is 15.8. The van der Waals surface area contributed by atoms with Gasteiger partial charge >= 0.3 is 17.9 Å². The van der Waals surface area contributed by atoms with Crippen molar-refractivity contribution in [1.82, 2.24) is 0 Å². The van der Waals surface area contributed by atoms with E-state index in [2.05, 4.69) is 0 Å². The molecule has 6 nitrogen and oxygen atoms in total. The molecule has 3 N–H and O–H groups in total. The zero-order chi connectivity index (χ0) is 12.4. The van der Waals surface area contributed by atoms with E-state index in [0.717, 1.165) is 0 Å². The molecule has 0 aromatic rings. The highest BCUT2D eigenvalue weighted by atomic mass is 19.1. The van der Waals surface area contributed by atoms with Crippen molar-refractivity contribution in [1.29, 1.82) is 0 Å². The van der Waals surface area contributed by atoms with Crippen molar-refractivity contribution in [3.05, 3.63) is 0 Å². The highest BCUT2D eigenvalue weighted by Crippen LogP contribution is 2.05. The van der Waals surface area contributed by atoms with Crippen LogP contribution in [0.5, 0.6) is 0 Å². The quantitative estimate of drug-likeness (QED) is 0.590. The summed E-state index contributed by atoms with van der Waals surface area (Å²) < 4.78 is 10.5. The van der Waals surface area contributed by atoms with Crippen LogP contribution in [-0.2, 0) is 14.4 Å². The molecule has 0 radical (unpaired) electrons. The van der Waals surface area contributed by atoms with Gasteiger partial charge in [0, 0.05) is 0 Å². The summed E-state index contributed by atoms with van der Waals surface area (Å²) in [6.45, 7) is 0.471. The Kier molecular flexibility index (Phi) is 9.39. The average Bonchev–Trinajstić information content (AvgIpc) is 2.14. The molecule has 88 valence electrons. The van der Waals surface area contributed by atoms with Crippen molar-refractivity contribution in [2.45, 2.75) is 19.8 Å².